The van der Waals surface area contributed by atoms with E-state index < -0.39 is 18.4 Å². The molecule has 0 spiro atoms. The van der Waals surface area contributed by atoms with Gasteiger partial charge < -0.3 is 9.47 Å². The van der Waals surface area contributed by atoms with Gasteiger partial charge in [0.2, 0.25) is 0 Å². The summed E-state index contributed by atoms with van der Waals surface area (Å²) in [6.45, 7) is 3.32. The lowest BCUT2D eigenvalue weighted by Gasteiger charge is -2.24. The Labute approximate surface area is 259 Å². The minimum Gasteiger partial charge on any atom is -0.496 e. The van der Waals surface area contributed by atoms with Crippen molar-refractivity contribution in [1.82, 2.24) is 9.55 Å². The van der Waals surface area contributed by atoms with Gasteiger partial charge in [-0.3, -0.25) is 9.36 Å². The number of aromatic nitrogens is 2. The van der Waals surface area contributed by atoms with Crippen LogP contribution in [0.3, 0.4) is 0 Å². The maximum absolute atomic E-state index is 13.9. The van der Waals surface area contributed by atoms with Gasteiger partial charge in [-0.25, -0.2) is 23.6 Å². The third kappa shape index (κ3) is 5.93. The summed E-state index contributed by atoms with van der Waals surface area (Å²) in [5.41, 5.74) is 2.88. The van der Waals surface area contributed by atoms with Gasteiger partial charge in [-0.1, -0.05) is 47.7 Å². The van der Waals surface area contributed by atoms with Crippen LogP contribution in [-0.4, -0.2) is 29.7 Å². The monoisotopic (exact) mass is 632 g/mol. The number of methoxy groups -OCH3 is 2. The van der Waals surface area contributed by atoms with E-state index >= 15 is 0 Å². The Balaban J connectivity index is 1.56. The predicted octanol–water partition coefficient (Wildman–Crippen LogP) is 5.22. The molecule has 2 aromatic heterocycles. The van der Waals surface area contributed by atoms with Gasteiger partial charge in [-0.15, -0.1) is 11.8 Å². The lowest BCUT2D eigenvalue weighted by atomic mass is 9.96. The maximum atomic E-state index is 13.9. The topological polar surface area (TPSA) is 107 Å². The van der Waals surface area contributed by atoms with Crippen molar-refractivity contribution in [3.8, 4) is 11.8 Å². The molecule has 0 bridgehead atoms. The van der Waals surface area contributed by atoms with Crippen molar-refractivity contribution in [2.75, 3.05) is 14.2 Å². The van der Waals surface area contributed by atoms with E-state index in [1.165, 1.54) is 36.2 Å². The fourth-order valence-corrected chi connectivity index (χ4v) is 7.05. The molecule has 0 aliphatic carbocycles. The molecular formula is C32H26F2N4O4S2. The molecule has 44 heavy (non-hydrogen) atoms. The normalized spacial score (nSPS) is 14.7. The number of aryl methyl sites for hydroxylation is 1. The van der Waals surface area contributed by atoms with Crippen LogP contribution in [0.2, 0.25) is 0 Å². The molecule has 224 valence electrons. The van der Waals surface area contributed by atoms with Crippen LogP contribution in [-0.2, 0) is 15.3 Å². The lowest BCUT2D eigenvalue weighted by molar-refractivity contribution is -0.136. The van der Waals surface area contributed by atoms with Gasteiger partial charge in [0.05, 0.1) is 41.6 Å². The Morgan fingerprint density at radius 1 is 1.18 bits per heavy atom. The smallest absolute Gasteiger partial charge is 0.338 e. The minimum absolute atomic E-state index is 0.209. The number of fused-ring (bicyclic) bond motifs is 1. The standard InChI is InChI=1S/C32H26F2N4O4S2/c1-17-12-23(28(33)34)37-29(22(17)15-35)43-16-21-13-19(10-11-24(21)41-3)14-25-30(39)38-27(20-8-6-5-7-9-20)26(31(40)42-4)18(2)36-32(38)44-25/h5-14,27-28H,16H2,1-4H3/t27-/m0/s1. The van der Waals surface area contributed by atoms with Crippen LogP contribution < -0.4 is 19.6 Å². The Kier molecular flexibility index (Phi) is 9.08. The van der Waals surface area contributed by atoms with Crippen LogP contribution in [0.15, 0.2) is 80.7 Å². The van der Waals surface area contributed by atoms with Crippen LogP contribution >= 0.6 is 23.1 Å². The van der Waals surface area contributed by atoms with Gasteiger partial charge in [0, 0.05) is 11.3 Å². The van der Waals surface area contributed by atoms with Crippen molar-refractivity contribution in [3.05, 3.63) is 119 Å². The van der Waals surface area contributed by atoms with Crippen LogP contribution in [0.25, 0.3) is 6.08 Å². The highest BCUT2D eigenvalue weighted by molar-refractivity contribution is 7.98. The number of ether oxygens (including phenoxy) is 2. The fraction of sp³-hybridized carbons (Fsp3) is 0.219. The predicted molar refractivity (Wildman–Crippen MR) is 163 cm³/mol. The molecule has 1 atom stereocenters. The number of hydrogen-bond donors (Lipinski definition) is 0. The SMILES string of the molecule is COC(=O)C1=C(C)N=c2sc(=Cc3ccc(OC)c(CSc4nc(C(F)F)cc(C)c4C#N)c3)c(=O)n2[C@H]1c1ccccc1. The second-order valence-corrected chi connectivity index (χ2v) is 11.8. The molecule has 0 unspecified atom stereocenters. The number of hydrogen-bond acceptors (Lipinski definition) is 9. The summed E-state index contributed by atoms with van der Waals surface area (Å²) >= 11 is 2.36. The van der Waals surface area contributed by atoms with E-state index in [0.29, 0.717) is 31.9 Å². The number of alkyl halides is 2. The zero-order valence-electron chi connectivity index (χ0n) is 24.1. The molecule has 0 fully saturated rings. The average Bonchev–Trinajstić information content (AvgIpc) is 3.32. The maximum Gasteiger partial charge on any atom is 0.338 e. The number of carbonyl (C=O) groups is 1. The van der Waals surface area contributed by atoms with E-state index in [2.05, 4.69) is 16.0 Å². The summed E-state index contributed by atoms with van der Waals surface area (Å²) in [5.74, 6) is 0.268. The van der Waals surface area contributed by atoms with E-state index in [4.69, 9.17) is 9.47 Å². The Morgan fingerprint density at radius 3 is 2.59 bits per heavy atom. The van der Waals surface area contributed by atoms with Gasteiger partial charge in [-0.2, -0.15) is 5.26 Å². The molecule has 0 saturated carbocycles. The van der Waals surface area contributed by atoms with E-state index in [0.717, 1.165) is 22.9 Å². The summed E-state index contributed by atoms with van der Waals surface area (Å²) in [4.78, 5) is 35.7. The molecule has 3 heterocycles. The largest absolute Gasteiger partial charge is 0.496 e. The number of thiazole rings is 1. The summed E-state index contributed by atoms with van der Waals surface area (Å²) in [6.07, 6.45) is -1.03. The lowest BCUT2D eigenvalue weighted by Crippen LogP contribution is -2.39. The van der Waals surface area contributed by atoms with Crippen LogP contribution in [0.1, 0.15) is 52.9 Å². The molecule has 0 saturated heterocycles. The molecule has 1 aliphatic heterocycles. The number of nitrogens with zero attached hydrogens (tertiary/aromatic N) is 4. The number of rotatable bonds is 8. The highest BCUT2D eigenvalue weighted by Crippen LogP contribution is 2.33. The van der Waals surface area contributed by atoms with Gasteiger partial charge in [0.15, 0.2) is 4.80 Å². The quantitative estimate of drug-likeness (QED) is 0.194. The van der Waals surface area contributed by atoms with E-state index in [1.807, 2.05) is 36.4 Å². The van der Waals surface area contributed by atoms with Gasteiger partial charge >= 0.3 is 5.97 Å². The first-order valence-corrected chi connectivity index (χ1v) is 15.1. The Hall–Kier alpha value is -4.60. The van der Waals surface area contributed by atoms with Gasteiger partial charge in [-0.05, 0) is 54.8 Å². The van der Waals surface area contributed by atoms with Gasteiger partial charge in [0.25, 0.3) is 12.0 Å². The zero-order chi connectivity index (χ0) is 31.5. The first-order chi connectivity index (χ1) is 21.2. The van der Waals surface area contributed by atoms with Crippen molar-refractivity contribution in [2.45, 2.75) is 37.1 Å². The molecule has 2 aromatic carbocycles. The highest BCUT2D eigenvalue weighted by atomic mass is 32.2. The van der Waals surface area contributed by atoms with Crippen molar-refractivity contribution in [3.63, 3.8) is 0 Å². The molecular weight excluding hydrogens is 607 g/mol. The number of carbonyl (C=O) groups excluding carboxylic acids is 1. The molecule has 0 radical (unpaired) electrons. The van der Waals surface area contributed by atoms with Crippen molar-refractivity contribution in [2.24, 2.45) is 4.99 Å². The molecule has 0 amide bonds. The van der Waals surface area contributed by atoms with Crippen molar-refractivity contribution < 1.29 is 23.0 Å². The molecule has 12 heteroatoms. The van der Waals surface area contributed by atoms with Crippen LogP contribution in [0.4, 0.5) is 8.78 Å². The summed E-state index contributed by atoms with van der Waals surface area (Å²) in [5, 5.41) is 9.82. The molecule has 5 rings (SSSR count). The number of thioether (sulfide) groups is 1. The first kappa shape index (κ1) is 30.8. The zero-order valence-corrected chi connectivity index (χ0v) is 25.8. The number of halogens is 2. The minimum atomic E-state index is -2.76. The molecule has 4 aromatic rings. The molecule has 0 N–H and O–H groups in total. The summed E-state index contributed by atoms with van der Waals surface area (Å²) in [7, 11) is 2.82. The van der Waals surface area contributed by atoms with Gasteiger partial charge in [0.1, 0.15) is 22.5 Å². The number of nitriles is 1. The third-order valence-electron chi connectivity index (χ3n) is 7.05. The van der Waals surface area contributed by atoms with E-state index in [9.17, 15) is 23.6 Å². The fourth-order valence-electron chi connectivity index (χ4n) is 4.96. The van der Waals surface area contributed by atoms with E-state index in [-0.39, 0.29) is 33.2 Å². The third-order valence-corrected chi connectivity index (χ3v) is 9.05. The summed E-state index contributed by atoms with van der Waals surface area (Å²) < 4.78 is 39.3. The molecule has 8 nitrogen and oxygen atoms in total. The van der Waals surface area contributed by atoms with Crippen molar-refractivity contribution >= 4 is 35.1 Å². The second kappa shape index (κ2) is 13.0. The van der Waals surface area contributed by atoms with E-state index in [1.54, 1.807) is 32.1 Å². The number of esters is 1. The summed E-state index contributed by atoms with van der Waals surface area (Å²) in [6, 6.07) is 17.2. The second-order valence-electron chi connectivity index (χ2n) is 9.80. The number of allylic oxidation sites excluding steroid dienone is 1. The number of benzene rings is 2. The van der Waals surface area contributed by atoms with Crippen LogP contribution in [0.5, 0.6) is 5.75 Å². The van der Waals surface area contributed by atoms with Crippen molar-refractivity contribution in [1.29, 1.82) is 5.26 Å². The number of pyridine rings is 1. The van der Waals surface area contributed by atoms with Crippen LogP contribution in [0, 0.1) is 18.3 Å². The Morgan fingerprint density at radius 2 is 1.93 bits per heavy atom. The highest BCUT2D eigenvalue weighted by Gasteiger charge is 2.33. The first-order valence-electron chi connectivity index (χ1n) is 13.3. The molecule has 1 aliphatic rings. The average molecular weight is 633 g/mol. The Bertz CT molecular complexity index is 2010.